The van der Waals surface area contributed by atoms with Crippen LogP contribution in [0.3, 0.4) is 0 Å². The molecule has 0 unspecified atom stereocenters. The molecular weight excluding hydrogens is 516 g/mol. The van der Waals surface area contributed by atoms with E-state index in [0.717, 1.165) is 9.35 Å². The second kappa shape index (κ2) is 8.32. The van der Waals surface area contributed by atoms with Gasteiger partial charge in [-0.3, -0.25) is 19.2 Å². The van der Waals surface area contributed by atoms with Crippen LogP contribution < -0.4 is 5.32 Å². The van der Waals surface area contributed by atoms with Gasteiger partial charge in [0.25, 0.3) is 11.8 Å². The van der Waals surface area contributed by atoms with Gasteiger partial charge in [0, 0.05) is 18.6 Å². The number of β-lactam (4-membered cyclic amide) rings is 1. The van der Waals surface area contributed by atoms with Crippen LogP contribution in [-0.2, 0) is 16.6 Å². The summed E-state index contributed by atoms with van der Waals surface area (Å²) in [5, 5.41) is 24.8. The Hall–Kier alpha value is -1.90. The zero-order valence-corrected chi connectivity index (χ0v) is 19.7. The number of hydrogen-bond donors (Lipinski definition) is 2. The Morgan fingerprint density at radius 1 is 1.43 bits per heavy atom. The van der Waals surface area contributed by atoms with Gasteiger partial charge in [0.15, 0.2) is 4.34 Å². The Balaban J connectivity index is 1.50. The van der Waals surface area contributed by atoms with Crippen LogP contribution in [0.2, 0.25) is 0 Å². The normalized spacial score (nSPS) is 20.8. The number of carboxylic acids is 1. The predicted molar refractivity (Wildman–Crippen MR) is 115 cm³/mol. The minimum atomic E-state index is -1.16. The van der Waals surface area contributed by atoms with Crippen LogP contribution in [0.15, 0.2) is 26.3 Å². The van der Waals surface area contributed by atoms with E-state index < -0.39 is 29.2 Å². The molecule has 2 aromatic rings. The molecule has 10 nitrogen and oxygen atoms in total. The second-order valence-corrected chi connectivity index (χ2v) is 10.8. The number of nitrogens with zero attached hydrogens (tertiary/aromatic N) is 5. The van der Waals surface area contributed by atoms with E-state index in [9.17, 15) is 19.5 Å². The molecule has 4 rings (SSSR count). The average Bonchev–Trinajstić information content (AvgIpc) is 3.27. The molecule has 2 N–H and O–H groups in total. The van der Waals surface area contributed by atoms with Crippen LogP contribution in [0, 0.1) is 6.92 Å². The number of rotatable bonds is 6. The van der Waals surface area contributed by atoms with Gasteiger partial charge in [0.1, 0.15) is 27.8 Å². The van der Waals surface area contributed by atoms with Gasteiger partial charge < -0.3 is 10.4 Å². The Labute approximate surface area is 191 Å². The first-order valence-corrected chi connectivity index (χ1v) is 12.2. The van der Waals surface area contributed by atoms with Crippen LogP contribution in [0.5, 0.6) is 0 Å². The van der Waals surface area contributed by atoms with Gasteiger partial charge in [0.2, 0.25) is 0 Å². The highest BCUT2D eigenvalue weighted by Gasteiger charge is 2.54. The molecule has 14 heteroatoms. The molecule has 1 fully saturated rings. The Morgan fingerprint density at radius 3 is 2.80 bits per heavy atom. The molecular formula is C16H15BrN6O4S3. The highest BCUT2D eigenvalue weighted by atomic mass is 79.9. The molecule has 0 spiro atoms. The zero-order valence-electron chi connectivity index (χ0n) is 15.7. The molecule has 2 aromatic heterocycles. The number of thioether (sulfide) groups is 2. The lowest BCUT2D eigenvalue weighted by Gasteiger charge is -2.49. The zero-order chi connectivity index (χ0) is 21.6. The SMILES string of the molecule is Cc1nnc(SCC2=C(C(=O)O)N3C(=O)[C@@H](NC(=O)c4c(Br)cnn4C)[C@H]3SC2)s1. The second-order valence-electron chi connectivity index (χ2n) is 6.46. The largest absolute Gasteiger partial charge is 0.477 e. The van der Waals surface area contributed by atoms with Crippen molar-refractivity contribution >= 4 is 68.6 Å². The van der Waals surface area contributed by atoms with Gasteiger partial charge in [-0.15, -0.1) is 22.0 Å². The van der Waals surface area contributed by atoms with Crippen LogP contribution in [0.25, 0.3) is 0 Å². The topological polar surface area (TPSA) is 130 Å². The van der Waals surface area contributed by atoms with Crippen molar-refractivity contribution in [3.8, 4) is 0 Å². The van der Waals surface area contributed by atoms with Crippen molar-refractivity contribution < 1.29 is 19.5 Å². The van der Waals surface area contributed by atoms with Crippen molar-refractivity contribution in [1.29, 1.82) is 0 Å². The van der Waals surface area contributed by atoms with Crippen molar-refractivity contribution in [3.05, 3.63) is 32.6 Å². The minimum absolute atomic E-state index is 0.00954. The van der Waals surface area contributed by atoms with E-state index in [1.165, 1.54) is 50.6 Å². The summed E-state index contributed by atoms with van der Waals surface area (Å²) in [5.41, 5.74) is 0.930. The van der Waals surface area contributed by atoms with Crippen molar-refractivity contribution in [1.82, 2.24) is 30.2 Å². The molecule has 2 aliphatic heterocycles. The number of amides is 2. The van der Waals surface area contributed by atoms with Crippen molar-refractivity contribution in [2.45, 2.75) is 22.7 Å². The molecule has 2 amide bonds. The first-order valence-electron chi connectivity index (χ1n) is 8.59. The fraction of sp³-hybridized carbons (Fsp3) is 0.375. The Morgan fingerprint density at radius 2 is 2.20 bits per heavy atom. The summed E-state index contributed by atoms with van der Waals surface area (Å²) in [6.07, 6.45) is 1.49. The third-order valence-corrected chi connectivity index (χ3v) is 8.50. The lowest BCUT2D eigenvalue weighted by atomic mass is 10.0. The maximum atomic E-state index is 12.7. The van der Waals surface area contributed by atoms with Gasteiger partial charge in [-0.05, 0) is 28.4 Å². The quantitative estimate of drug-likeness (QED) is 0.421. The summed E-state index contributed by atoms with van der Waals surface area (Å²) in [5.74, 6) is -1.20. The minimum Gasteiger partial charge on any atom is -0.477 e. The van der Waals surface area contributed by atoms with Gasteiger partial charge in [-0.1, -0.05) is 23.1 Å². The van der Waals surface area contributed by atoms with Crippen molar-refractivity contribution in [3.63, 3.8) is 0 Å². The van der Waals surface area contributed by atoms with E-state index in [4.69, 9.17) is 0 Å². The summed E-state index contributed by atoms with van der Waals surface area (Å²) in [4.78, 5) is 38.5. The van der Waals surface area contributed by atoms with E-state index in [-0.39, 0.29) is 5.70 Å². The standard InChI is InChI=1S/C16H15BrN6O4S3/c1-6-20-21-16(30-6)29-5-7-4-28-14-9(13(25)23(14)10(7)15(26)27)19-12(24)11-8(17)3-18-22(11)2/h3,9,14H,4-5H2,1-2H3,(H,19,24)(H,26,27)/t9-,14-/m1/s1. The predicted octanol–water partition coefficient (Wildman–Crippen LogP) is 1.49. The molecule has 30 heavy (non-hydrogen) atoms. The van der Waals surface area contributed by atoms with Crippen LogP contribution in [0.1, 0.15) is 15.5 Å². The number of hydrogen-bond acceptors (Lipinski definition) is 9. The van der Waals surface area contributed by atoms with E-state index >= 15 is 0 Å². The molecule has 0 bridgehead atoms. The fourth-order valence-corrected chi connectivity index (χ4v) is 6.98. The molecule has 158 valence electrons. The van der Waals surface area contributed by atoms with Crippen LogP contribution >= 0.6 is 50.8 Å². The molecule has 2 atom stereocenters. The number of halogens is 1. The van der Waals surface area contributed by atoms with E-state index in [1.807, 2.05) is 6.92 Å². The number of fused-ring (bicyclic) bond motifs is 1. The number of carbonyl (C=O) groups is 3. The van der Waals surface area contributed by atoms with Gasteiger partial charge >= 0.3 is 5.97 Å². The number of aromatic nitrogens is 4. The lowest BCUT2D eigenvalue weighted by Crippen LogP contribution is -2.70. The summed E-state index contributed by atoms with van der Waals surface area (Å²) < 4.78 is 2.67. The number of carbonyl (C=O) groups excluding carboxylic acids is 2. The van der Waals surface area contributed by atoms with Crippen molar-refractivity contribution in [2.75, 3.05) is 11.5 Å². The van der Waals surface area contributed by atoms with Crippen LogP contribution in [0.4, 0.5) is 0 Å². The first kappa shape index (κ1) is 21.3. The molecule has 2 aliphatic rings. The first-order chi connectivity index (χ1) is 14.3. The Bertz CT molecular complexity index is 1060. The monoisotopic (exact) mass is 530 g/mol. The molecule has 0 aliphatic carbocycles. The van der Waals surface area contributed by atoms with Gasteiger partial charge in [0.05, 0.1) is 10.7 Å². The summed E-state index contributed by atoms with van der Waals surface area (Å²) in [6, 6.07) is -0.793. The molecule has 1 saturated heterocycles. The number of nitrogens with one attached hydrogen (secondary N) is 1. The number of aliphatic carboxylic acids is 1. The maximum Gasteiger partial charge on any atom is 0.352 e. The van der Waals surface area contributed by atoms with E-state index in [2.05, 4.69) is 36.5 Å². The maximum absolute atomic E-state index is 12.7. The third kappa shape index (κ3) is 3.76. The molecule has 4 heterocycles. The lowest BCUT2D eigenvalue weighted by molar-refractivity contribution is -0.148. The molecule has 0 saturated carbocycles. The molecule has 0 radical (unpaired) electrons. The van der Waals surface area contributed by atoms with E-state index in [0.29, 0.717) is 27.2 Å². The smallest absolute Gasteiger partial charge is 0.352 e. The van der Waals surface area contributed by atoms with Gasteiger partial charge in [-0.2, -0.15) is 5.10 Å². The van der Waals surface area contributed by atoms with Crippen molar-refractivity contribution in [2.24, 2.45) is 7.05 Å². The Kier molecular flexibility index (Phi) is 5.92. The highest BCUT2D eigenvalue weighted by molar-refractivity contribution is 9.10. The number of aryl methyl sites for hydroxylation is 2. The summed E-state index contributed by atoms with van der Waals surface area (Å²) in [6.45, 7) is 1.85. The fourth-order valence-electron chi connectivity index (χ4n) is 3.16. The molecule has 0 aromatic carbocycles. The average molecular weight is 531 g/mol. The number of carboxylic acid groups (broad SMARTS) is 1. The van der Waals surface area contributed by atoms with Gasteiger partial charge in [-0.25, -0.2) is 4.79 Å². The van der Waals surface area contributed by atoms with Crippen LogP contribution in [-0.4, -0.2) is 70.7 Å². The third-order valence-electron chi connectivity index (χ3n) is 4.52. The van der Waals surface area contributed by atoms with E-state index in [1.54, 1.807) is 7.05 Å². The highest BCUT2D eigenvalue weighted by Crippen LogP contribution is 2.41. The summed E-state index contributed by atoms with van der Waals surface area (Å²) in [7, 11) is 1.62. The summed E-state index contributed by atoms with van der Waals surface area (Å²) >= 11 is 7.53.